The van der Waals surface area contributed by atoms with Gasteiger partial charge in [-0.05, 0) is 47.4 Å². The van der Waals surface area contributed by atoms with Crippen molar-refractivity contribution in [2.45, 2.75) is 33.2 Å². The molecule has 1 aromatic rings. The minimum atomic E-state index is -0.00599. The number of nitrogens with zero attached hydrogens (tertiary/aromatic N) is 3. The fraction of sp³-hybridized carbons (Fsp3) is 0.615. The van der Waals surface area contributed by atoms with Crippen LogP contribution in [0.25, 0.3) is 0 Å². The van der Waals surface area contributed by atoms with E-state index in [0.717, 1.165) is 23.4 Å². The first-order valence-corrected chi connectivity index (χ1v) is 6.62. The summed E-state index contributed by atoms with van der Waals surface area (Å²) in [5, 5.41) is 11.6. The molecule has 1 rings (SSSR count). The van der Waals surface area contributed by atoms with E-state index < -0.39 is 0 Å². The van der Waals surface area contributed by atoms with Crippen LogP contribution in [-0.2, 0) is 0 Å². The summed E-state index contributed by atoms with van der Waals surface area (Å²) in [5.41, 5.74) is 8.41. The summed E-state index contributed by atoms with van der Waals surface area (Å²) in [6, 6.07) is 0. The van der Waals surface area contributed by atoms with Crippen molar-refractivity contribution in [3.63, 3.8) is 0 Å². The molecule has 5 nitrogen and oxygen atoms in total. The average molecular weight is 281 g/mol. The Morgan fingerprint density at radius 3 is 2.37 bits per heavy atom. The van der Waals surface area contributed by atoms with E-state index >= 15 is 0 Å². The molecule has 0 radical (unpaired) electrons. The fourth-order valence-corrected chi connectivity index (χ4v) is 1.74. The van der Waals surface area contributed by atoms with Crippen LogP contribution in [0, 0.1) is 13.8 Å². The van der Waals surface area contributed by atoms with Crippen LogP contribution in [0.3, 0.4) is 0 Å². The zero-order valence-corrected chi connectivity index (χ0v) is 13.4. The van der Waals surface area contributed by atoms with E-state index in [1.54, 1.807) is 0 Å². The second-order valence-electron chi connectivity index (χ2n) is 5.56. The summed E-state index contributed by atoms with van der Waals surface area (Å²) < 4.78 is 0. The normalized spacial score (nSPS) is 11.7. The SMILES string of the molecule is Cc1nnc(NCC(C)(C)N(C)C)c(C(N)=S)c1C. The van der Waals surface area contributed by atoms with Gasteiger partial charge in [0.1, 0.15) is 4.99 Å². The lowest BCUT2D eigenvalue weighted by Crippen LogP contribution is -2.44. The first-order valence-electron chi connectivity index (χ1n) is 6.22. The van der Waals surface area contributed by atoms with Crippen molar-refractivity contribution in [1.29, 1.82) is 0 Å². The number of rotatable bonds is 5. The van der Waals surface area contributed by atoms with Crippen LogP contribution in [-0.4, -0.2) is 46.3 Å². The van der Waals surface area contributed by atoms with Gasteiger partial charge in [0.2, 0.25) is 0 Å². The first-order chi connectivity index (χ1) is 8.66. The molecule has 0 unspecified atom stereocenters. The highest BCUT2D eigenvalue weighted by molar-refractivity contribution is 7.80. The smallest absolute Gasteiger partial charge is 0.159 e. The van der Waals surface area contributed by atoms with Crippen molar-refractivity contribution in [1.82, 2.24) is 15.1 Å². The molecular weight excluding hydrogens is 258 g/mol. The van der Waals surface area contributed by atoms with Gasteiger partial charge in [0, 0.05) is 12.1 Å². The second-order valence-corrected chi connectivity index (χ2v) is 6.00. The summed E-state index contributed by atoms with van der Waals surface area (Å²) in [6.45, 7) is 8.88. The van der Waals surface area contributed by atoms with Crippen LogP contribution in [0.5, 0.6) is 0 Å². The van der Waals surface area contributed by atoms with Crippen LogP contribution in [0.4, 0.5) is 5.82 Å². The number of aryl methyl sites for hydroxylation is 1. The van der Waals surface area contributed by atoms with Crippen LogP contribution in [0.15, 0.2) is 0 Å². The molecule has 0 amide bonds. The predicted molar refractivity (Wildman–Crippen MR) is 83.6 cm³/mol. The molecule has 0 aliphatic rings. The number of hydrogen-bond acceptors (Lipinski definition) is 5. The van der Waals surface area contributed by atoms with E-state index in [1.807, 2.05) is 27.9 Å². The summed E-state index contributed by atoms with van der Waals surface area (Å²) in [7, 11) is 4.09. The highest BCUT2D eigenvalue weighted by Gasteiger charge is 2.22. The van der Waals surface area contributed by atoms with Gasteiger partial charge in [-0.15, -0.1) is 5.10 Å². The van der Waals surface area contributed by atoms with Crippen molar-refractivity contribution in [2.75, 3.05) is 26.0 Å². The molecule has 0 atom stereocenters. The molecule has 0 aliphatic heterocycles. The lowest BCUT2D eigenvalue weighted by molar-refractivity contribution is 0.210. The Kier molecular flexibility index (Phi) is 4.81. The van der Waals surface area contributed by atoms with E-state index in [0.29, 0.717) is 10.8 Å². The summed E-state index contributed by atoms with van der Waals surface area (Å²) >= 11 is 5.12. The van der Waals surface area contributed by atoms with Gasteiger partial charge >= 0.3 is 0 Å². The van der Waals surface area contributed by atoms with Crippen LogP contribution >= 0.6 is 12.2 Å². The van der Waals surface area contributed by atoms with Gasteiger partial charge in [-0.25, -0.2) is 0 Å². The van der Waals surface area contributed by atoms with E-state index in [9.17, 15) is 0 Å². The molecule has 0 saturated carbocycles. The van der Waals surface area contributed by atoms with Gasteiger partial charge in [0.25, 0.3) is 0 Å². The van der Waals surface area contributed by atoms with E-state index in [-0.39, 0.29) is 5.54 Å². The topological polar surface area (TPSA) is 67.1 Å². The maximum atomic E-state index is 5.80. The van der Waals surface area contributed by atoms with Crippen molar-refractivity contribution in [3.05, 3.63) is 16.8 Å². The fourth-order valence-electron chi connectivity index (χ4n) is 1.49. The number of anilines is 1. The molecule has 0 aliphatic carbocycles. The van der Waals surface area contributed by atoms with Crippen LogP contribution in [0.1, 0.15) is 30.7 Å². The third-order valence-corrected chi connectivity index (χ3v) is 3.80. The number of thiocarbonyl (C=S) groups is 1. The zero-order chi connectivity index (χ0) is 14.8. The van der Waals surface area contributed by atoms with Gasteiger partial charge in [-0.2, -0.15) is 5.10 Å². The number of likely N-dealkylation sites (N-methyl/N-ethyl adjacent to an activating group) is 1. The standard InChI is InChI=1S/C13H23N5S/c1-8-9(2)16-17-12(10(8)11(14)19)15-7-13(3,4)18(5)6/h7H2,1-6H3,(H2,14,19)(H,15,17). The number of nitrogens with two attached hydrogens (primary N) is 1. The van der Waals surface area contributed by atoms with E-state index in [2.05, 4.69) is 34.3 Å². The second kappa shape index (κ2) is 5.79. The van der Waals surface area contributed by atoms with Gasteiger partial charge < -0.3 is 16.0 Å². The molecule has 106 valence electrons. The number of hydrogen-bond donors (Lipinski definition) is 2. The van der Waals surface area contributed by atoms with Crippen molar-refractivity contribution in [2.24, 2.45) is 5.73 Å². The Labute approximate surface area is 120 Å². The molecule has 0 saturated heterocycles. The van der Waals surface area contributed by atoms with E-state index in [4.69, 9.17) is 18.0 Å². The highest BCUT2D eigenvalue weighted by Crippen LogP contribution is 2.19. The Hall–Kier alpha value is -1.27. The first kappa shape index (κ1) is 15.8. The lowest BCUT2D eigenvalue weighted by Gasteiger charge is -2.33. The largest absolute Gasteiger partial charge is 0.389 e. The van der Waals surface area contributed by atoms with Gasteiger partial charge in [0.15, 0.2) is 5.82 Å². The minimum Gasteiger partial charge on any atom is -0.389 e. The van der Waals surface area contributed by atoms with Crippen molar-refractivity contribution < 1.29 is 0 Å². The Morgan fingerprint density at radius 1 is 1.32 bits per heavy atom. The third kappa shape index (κ3) is 3.61. The molecule has 6 heteroatoms. The molecule has 1 heterocycles. The molecule has 3 N–H and O–H groups in total. The van der Waals surface area contributed by atoms with E-state index in [1.165, 1.54) is 0 Å². The average Bonchev–Trinajstić information content (AvgIpc) is 2.29. The molecule has 0 fully saturated rings. The maximum Gasteiger partial charge on any atom is 0.159 e. The number of aromatic nitrogens is 2. The number of nitrogens with one attached hydrogen (secondary N) is 1. The summed E-state index contributed by atoms with van der Waals surface area (Å²) in [5.74, 6) is 0.658. The summed E-state index contributed by atoms with van der Waals surface area (Å²) in [4.78, 5) is 2.50. The molecule has 19 heavy (non-hydrogen) atoms. The molecule has 1 aromatic heterocycles. The zero-order valence-electron chi connectivity index (χ0n) is 12.5. The maximum absolute atomic E-state index is 5.80. The summed E-state index contributed by atoms with van der Waals surface area (Å²) in [6.07, 6.45) is 0. The highest BCUT2D eigenvalue weighted by atomic mass is 32.1. The molecular formula is C13H23N5S. The van der Waals surface area contributed by atoms with Crippen LogP contribution < -0.4 is 11.1 Å². The predicted octanol–water partition coefficient (Wildman–Crippen LogP) is 1.48. The van der Waals surface area contributed by atoms with Gasteiger partial charge in [0.05, 0.1) is 11.3 Å². The Morgan fingerprint density at radius 2 is 1.89 bits per heavy atom. The molecule has 0 bridgehead atoms. The van der Waals surface area contributed by atoms with Crippen molar-refractivity contribution >= 4 is 23.0 Å². The Bertz CT molecular complexity index is 482. The molecule has 0 aromatic carbocycles. The third-order valence-electron chi connectivity index (χ3n) is 3.60. The lowest BCUT2D eigenvalue weighted by atomic mass is 10.0. The Balaban J connectivity index is 3.03. The molecule has 0 spiro atoms. The van der Waals surface area contributed by atoms with Crippen molar-refractivity contribution in [3.8, 4) is 0 Å². The monoisotopic (exact) mass is 281 g/mol. The minimum absolute atomic E-state index is 0.00599. The van der Waals surface area contributed by atoms with Crippen LogP contribution in [0.2, 0.25) is 0 Å². The quantitative estimate of drug-likeness (QED) is 0.797. The van der Waals surface area contributed by atoms with Gasteiger partial charge in [-0.3, -0.25) is 0 Å². The van der Waals surface area contributed by atoms with Gasteiger partial charge in [-0.1, -0.05) is 12.2 Å².